The first-order valence-electron chi connectivity index (χ1n) is 8.33. The van der Waals surface area contributed by atoms with E-state index in [1.807, 2.05) is 0 Å². The van der Waals surface area contributed by atoms with E-state index in [2.05, 4.69) is 5.32 Å². The fourth-order valence-corrected chi connectivity index (χ4v) is 5.46. The van der Waals surface area contributed by atoms with Gasteiger partial charge in [0, 0.05) is 11.6 Å². The molecule has 0 spiro atoms. The number of amides is 2. The van der Waals surface area contributed by atoms with Gasteiger partial charge >= 0.3 is 12.0 Å². The molecule has 0 heterocycles. The molecule has 2 N–H and O–H groups in total. The first kappa shape index (κ1) is 13.4. The van der Waals surface area contributed by atoms with Crippen LogP contribution >= 0.6 is 0 Å². The lowest BCUT2D eigenvalue weighted by molar-refractivity contribution is -0.137. The number of carbonyl (C=O) groups excluding carboxylic acids is 1. The van der Waals surface area contributed by atoms with E-state index in [0.717, 1.165) is 49.9 Å². The van der Waals surface area contributed by atoms with E-state index in [4.69, 9.17) is 5.11 Å². The fraction of sp³-hybridized carbons (Fsp3) is 0.875. The van der Waals surface area contributed by atoms with Gasteiger partial charge in [0.25, 0.3) is 0 Å². The first-order valence-corrected chi connectivity index (χ1v) is 8.33. The molecule has 4 bridgehead atoms. The predicted octanol–water partition coefficient (Wildman–Crippen LogP) is 2.21. The van der Waals surface area contributed by atoms with E-state index in [1.165, 1.54) is 19.3 Å². The standard InChI is InChI=1S/C16H24N2O3/c19-14(20)9-18(13-1-2-13)15(21)17-16-6-10-3-11(7-16)5-12(4-10)8-16/h10-13H,1-9H2,(H,17,21)(H,19,20). The summed E-state index contributed by atoms with van der Waals surface area (Å²) in [4.78, 5) is 25.1. The minimum atomic E-state index is -0.914. The predicted molar refractivity (Wildman–Crippen MR) is 76.8 cm³/mol. The Morgan fingerprint density at radius 1 is 1.05 bits per heavy atom. The van der Waals surface area contributed by atoms with Crippen molar-refractivity contribution >= 4 is 12.0 Å². The number of rotatable bonds is 4. The highest BCUT2D eigenvalue weighted by Gasteiger charge is 2.52. The monoisotopic (exact) mass is 292 g/mol. The van der Waals surface area contributed by atoms with E-state index in [1.54, 1.807) is 4.90 Å². The Bertz CT molecular complexity index is 437. The zero-order valence-electron chi connectivity index (χ0n) is 12.4. The van der Waals surface area contributed by atoms with E-state index >= 15 is 0 Å². The number of hydrogen-bond donors (Lipinski definition) is 2. The number of urea groups is 1. The number of carboxylic acids is 1. The molecule has 5 aliphatic carbocycles. The van der Waals surface area contributed by atoms with Gasteiger partial charge in [-0.05, 0) is 69.1 Å². The molecule has 5 saturated carbocycles. The van der Waals surface area contributed by atoms with Crippen LogP contribution in [0.2, 0.25) is 0 Å². The normalized spacial score (nSPS) is 40.1. The molecule has 5 aliphatic rings. The largest absolute Gasteiger partial charge is 0.480 e. The molecule has 0 saturated heterocycles. The lowest BCUT2D eigenvalue weighted by Gasteiger charge is -2.57. The molecule has 0 aromatic carbocycles. The third kappa shape index (κ3) is 2.51. The molecule has 2 amide bonds. The van der Waals surface area contributed by atoms with Crippen LogP contribution in [0, 0.1) is 17.8 Å². The molecule has 5 heteroatoms. The van der Waals surface area contributed by atoms with Gasteiger partial charge in [0.2, 0.25) is 0 Å². The Balaban J connectivity index is 1.47. The van der Waals surface area contributed by atoms with Gasteiger partial charge in [-0.3, -0.25) is 4.79 Å². The Labute approximate surface area is 125 Å². The summed E-state index contributed by atoms with van der Waals surface area (Å²) < 4.78 is 0. The number of aliphatic carboxylic acids is 1. The third-order valence-electron chi connectivity index (χ3n) is 5.96. The SMILES string of the molecule is O=C(O)CN(C(=O)NC12CC3CC(CC(C3)C1)C2)C1CC1. The molecule has 0 unspecified atom stereocenters. The second-order valence-electron chi connectivity index (χ2n) is 7.88. The van der Waals surface area contributed by atoms with Crippen molar-refractivity contribution < 1.29 is 14.7 Å². The number of nitrogens with one attached hydrogen (secondary N) is 1. The van der Waals surface area contributed by atoms with Gasteiger partial charge in [-0.25, -0.2) is 4.79 Å². The zero-order chi connectivity index (χ0) is 14.6. The molecular formula is C16H24N2O3. The van der Waals surface area contributed by atoms with Crippen LogP contribution in [0.3, 0.4) is 0 Å². The molecule has 5 fully saturated rings. The van der Waals surface area contributed by atoms with Gasteiger partial charge in [-0.15, -0.1) is 0 Å². The maximum atomic E-state index is 12.6. The van der Waals surface area contributed by atoms with Crippen LogP contribution in [-0.2, 0) is 4.79 Å². The maximum Gasteiger partial charge on any atom is 0.323 e. The molecule has 21 heavy (non-hydrogen) atoms. The van der Waals surface area contributed by atoms with Crippen LogP contribution in [0.5, 0.6) is 0 Å². The smallest absolute Gasteiger partial charge is 0.323 e. The van der Waals surface area contributed by atoms with Gasteiger partial charge in [-0.2, -0.15) is 0 Å². The van der Waals surface area contributed by atoms with E-state index in [0.29, 0.717) is 0 Å². The van der Waals surface area contributed by atoms with Crippen LogP contribution < -0.4 is 5.32 Å². The Morgan fingerprint density at radius 2 is 1.57 bits per heavy atom. The lowest BCUT2D eigenvalue weighted by atomic mass is 9.53. The van der Waals surface area contributed by atoms with Crippen LogP contribution in [0.1, 0.15) is 51.4 Å². The Morgan fingerprint density at radius 3 is 2.00 bits per heavy atom. The van der Waals surface area contributed by atoms with Crippen molar-refractivity contribution in [1.82, 2.24) is 10.2 Å². The summed E-state index contributed by atoms with van der Waals surface area (Å²) in [6.07, 6.45) is 9.25. The van der Waals surface area contributed by atoms with Crippen molar-refractivity contribution in [2.75, 3.05) is 6.54 Å². The molecule has 0 aliphatic heterocycles. The summed E-state index contributed by atoms with van der Waals surface area (Å²) in [6, 6.07) is 0.0110. The molecular weight excluding hydrogens is 268 g/mol. The van der Waals surface area contributed by atoms with Gasteiger partial charge in [0.1, 0.15) is 6.54 Å². The van der Waals surface area contributed by atoms with E-state index in [-0.39, 0.29) is 24.2 Å². The van der Waals surface area contributed by atoms with Gasteiger partial charge < -0.3 is 15.3 Å². The van der Waals surface area contributed by atoms with Crippen molar-refractivity contribution in [2.24, 2.45) is 17.8 Å². The molecule has 116 valence electrons. The molecule has 0 atom stereocenters. The van der Waals surface area contributed by atoms with Gasteiger partial charge in [0.15, 0.2) is 0 Å². The average Bonchev–Trinajstić information content (AvgIpc) is 3.17. The summed E-state index contributed by atoms with van der Waals surface area (Å²) in [5, 5.41) is 12.3. The minimum Gasteiger partial charge on any atom is -0.480 e. The highest BCUT2D eigenvalue weighted by Crippen LogP contribution is 2.55. The second kappa shape index (κ2) is 4.62. The molecule has 0 aromatic heterocycles. The number of carbonyl (C=O) groups is 2. The van der Waals surface area contributed by atoms with Gasteiger partial charge in [0.05, 0.1) is 0 Å². The van der Waals surface area contributed by atoms with Crippen molar-refractivity contribution in [1.29, 1.82) is 0 Å². The summed E-state index contributed by atoms with van der Waals surface area (Å²) in [5.41, 5.74) is -0.0303. The van der Waals surface area contributed by atoms with Crippen LogP contribution in [0.4, 0.5) is 4.79 Å². The third-order valence-corrected chi connectivity index (χ3v) is 5.96. The summed E-state index contributed by atoms with van der Waals surface area (Å²) in [5.74, 6) is 1.43. The van der Waals surface area contributed by atoms with Crippen molar-refractivity contribution in [3.63, 3.8) is 0 Å². The molecule has 5 rings (SSSR count). The topological polar surface area (TPSA) is 69.6 Å². The van der Waals surface area contributed by atoms with Crippen molar-refractivity contribution in [3.8, 4) is 0 Å². The zero-order valence-corrected chi connectivity index (χ0v) is 12.4. The van der Waals surface area contributed by atoms with Crippen LogP contribution in [0.15, 0.2) is 0 Å². The van der Waals surface area contributed by atoms with Crippen molar-refractivity contribution in [2.45, 2.75) is 62.9 Å². The fourth-order valence-electron chi connectivity index (χ4n) is 5.46. The summed E-state index contributed by atoms with van der Waals surface area (Å²) in [7, 11) is 0. The molecule has 5 nitrogen and oxygen atoms in total. The number of carboxylic acid groups (broad SMARTS) is 1. The Kier molecular flexibility index (Phi) is 2.95. The minimum absolute atomic E-state index is 0.0303. The van der Waals surface area contributed by atoms with Gasteiger partial charge in [-0.1, -0.05) is 0 Å². The molecule has 0 aromatic rings. The first-order chi connectivity index (χ1) is 10.0. The average molecular weight is 292 g/mol. The highest BCUT2D eigenvalue weighted by molar-refractivity contribution is 5.81. The lowest BCUT2D eigenvalue weighted by Crippen LogP contribution is -2.62. The van der Waals surface area contributed by atoms with Crippen molar-refractivity contribution in [3.05, 3.63) is 0 Å². The van der Waals surface area contributed by atoms with Crippen LogP contribution in [-0.4, -0.2) is 40.1 Å². The van der Waals surface area contributed by atoms with Crippen LogP contribution in [0.25, 0.3) is 0 Å². The highest BCUT2D eigenvalue weighted by atomic mass is 16.4. The summed E-state index contributed by atoms with van der Waals surface area (Å²) >= 11 is 0. The second-order valence-corrected chi connectivity index (χ2v) is 7.88. The Hall–Kier alpha value is -1.26. The summed E-state index contributed by atoms with van der Waals surface area (Å²) in [6.45, 7) is -0.164. The number of hydrogen-bond acceptors (Lipinski definition) is 2. The van der Waals surface area contributed by atoms with E-state index < -0.39 is 5.97 Å². The number of nitrogens with zero attached hydrogens (tertiary/aromatic N) is 1. The quantitative estimate of drug-likeness (QED) is 0.834. The van der Waals surface area contributed by atoms with E-state index in [9.17, 15) is 9.59 Å². The maximum absolute atomic E-state index is 12.6. The molecule has 0 radical (unpaired) electrons.